The van der Waals surface area contributed by atoms with Gasteiger partial charge in [-0.25, -0.2) is 8.78 Å². The highest BCUT2D eigenvalue weighted by Crippen LogP contribution is 2.18. The number of rotatable bonds is 5. The minimum Gasteiger partial charge on any atom is -0.393 e. The van der Waals surface area contributed by atoms with Gasteiger partial charge in [-0.3, -0.25) is 0 Å². The lowest BCUT2D eigenvalue weighted by atomic mass is 10.0. The summed E-state index contributed by atoms with van der Waals surface area (Å²) >= 11 is 0. The lowest BCUT2D eigenvalue weighted by Gasteiger charge is -2.24. The SMILES string of the molecule is CC(NCC(C)(O)CO)c1ccc(F)cc1F. The average molecular weight is 245 g/mol. The zero-order valence-corrected chi connectivity index (χ0v) is 9.87. The van der Waals surface area contributed by atoms with Crippen molar-refractivity contribution in [2.24, 2.45) is 0 Å². The van der Waals surface area contributed by atoms with Crippen LogP contribution in [0.4, 0.5) is 8.78 Å². The Morgan fingerprint density at radius 1 is 1.41 bits per heavy atom. The van der Waals surface area contributed by atoms with Crippen molar-refractivity contribution >= 4 is 0 Å². The summed E-state index contributed by atoms with van der Waals surface area (Å²) in [5.41, 5.74) is -0.940. The van der Waals surface area contributed by atoms with Crippen LogP contribution in [0, 0.1) is 11.6 Å². The van der Waals surface area contributed by atoms with E-state index in [0.29, 0.717) is 5.56 Å². The summed E-state index contributed by atoms with van der Waals surface area (Å²) in [6, 6.07) is 2.97. The quantitative estimate of drug-likeness (QED) is 0.734. The second-order valence-corrected chi connectivity index (χ2v) is 4.42. The Balaban J connectivity index is 2.67. The third-order valence-electron chi connectivity index (χ3n) is 2.56. The molecule has 0 spiro atoms. The monoisotopic (exact) mass is 245 g/mol. The molecule has 0 aliphatic rings. The number of aliphatic hydroxyl groups excluding tert-OH is 1. The zero-order chi connectivity index (χ0) is 13.1. The normalized spacial score (nSPS) is 16.6. The molecule has 1 rings (SSSR count). The van der Waals surface area contributed by atoms with Crippen molar-refractivity contribution in [1.82, 2.24) is 5.32 Å². The van der Waals surface area contributed by atoms with Gasteiger partial charge in [0, 0.05) is 24.2 Å². The van der Waals surface area contributed by atoms with Gasteiger partial charge in [0.15, 0.2) is 0 Å². The minimum atomic E-state index is -1.26. The van der Waals surface area contributed by atoms with E-state index in [1.54, 1.807) is 6.92 Å². The number of hydrogen-bond acceptors (Lipinski definition) is 3. The zero-order valence-electron chi connectivity index (χ0n) is 9.87. The summed E-state index contributed by atoms with van der Waals surface area (Å²) in [4.78, 5) is 0. The Kier molecular flexibility index (Phi) is 4.56. The summed E-state index contributed by atoms with van der Waals surface area (Å²) in [5, 5.41) is 21.3. The van der Waals surface area contributed by atoms with Gasteiger partial charge in [0.05, 0.1) is 12.2 Å². The molecule has 0 saturated heterocycles. The summed E-state index contributed by atoms with van der Waals surface area (Å²) in [5.74, 6) is -1.26. The van der Waals surface area contributed by atoms with Crippen LogP contribution in [0.15, 0.2) is 18.2 Å². The van der Waals surface area contributed by atoms with Crippen LogP contribution in [0.1, 0.15) is 25.5 Å². The van der Waals surface area contributed by atoms with E-state index in [9.17, 15) is 13.9 Å². The maximum Gasteiger partial charge on any atom is 0.130 e. The van der Waals surface area contributed by atoms with Gasteiger partial charge >= 0.3 is 0 Å². The smallest absolute Gasteiger partial charge is 0.130 e. The lowest BCUT2D eigenvalue weighted by Crippen LogP contribution is -2.41. The van der Waals surface area contributed by atoms with E-state index in [-0.39, 0.29) is 12.6 Å². The van der Waals surface area contributed by atoms with Crippen LogP contribution in [0.3, 0.4) is 0 Å². The molecule has 1 aromatic carbocycles. The Labute approximate surface area is 99.1 Å². The molecular formula is C12H17F2NO2. The number of benzene rings is 1. The first-order chi connectivity index (χ1) is 7.85. The molecule has 2 atom stereocenters. The molecule has 2 unspecified atom stereocenters. The molecule has 0 aliphatic heterocycles. The van der Waals surface area contributed by atoms with E-state index in [4.69, 9.17) is 5.11 Å². The van der Waals surface area contributed by atoms with Crippen molar-refractivity contribution in [2.45, 2.75) is 25.5 Å². The molecule has 0 heterocycles. The van der Waals surface area contributed by atoms with Crippen molar-refractivity contribution in [3.05, 3.63) is 35.4 Å². The Bertz CT molecular complexity index is 383. The largest absolute Gasteiger partial charge is 0.393 e. The molecule has 0 fully saturated rings. The van der Waals surface area contributed by atoms with Crippen LogP contribution in [0.25, 0.3) is 0 Å². The average Bonchev–Trinajstić information content (AvgIpc) is 2.26. The third kappa shape index (κ3) is 4.03. The van der Waals surface area contributed by atoms with Gasteiger partial charge in [0.25, 0.3) is 0 Å². The highest BCUT2D eigenvalue weighted by Gasteiger charge is 2.20. The van der Waals surface area contributed by atoms with E-state index >= 15 is 0 Å². The maximum atomic E-state index is 13.4. The fourth-order valence-corrected chi connectivity index (χ4v) is 1.39. The topological polar surface area (TPSA) is 52.5 Å². The van der Waals surface area contributed by atoms with E-state index < -0.39 is 23.8 Å². The highest BCUT2D eigenvalue weighted by molar-refractivity contribution is 5.21. The number of aliphatic hydroxyl groups is 2. The molecule has 3 nitrogen and oxygen atoms in total. The standard InChI is InChI=1S/C12H17F2NO2/c1-8(15-6-12(2,17)7-16)10-4-3-9(13)5-11(10)14/h3-5,8,15-17H,6-7H2,1-2H3. The molecule has 5 heteroatoms. The van der Waals surface area contributed by atoms with Gasteiger partial charge in [-0.15, -0.1) is 0 Å². The van der Waals surface area contributed by atoms with E-state index in [1.807, 2.05) is 0 Å². The van der Waals surface area contributed by atoms with Crippen LogP contribution in [0.5, 0.6) is 0 Å². The van der Waals surface area contributed by atoms with Crippen LogP contribution >= 0.6 is 0 Å². The first-order valence-corrected chi connectivity index (χ1v) is 5.37. The number of nitrogens with one attached hydrogen (secondary N) is 1. The predicted molar refractivity (Wildman–Crippen MR) is 60.5 cm³/mol. The number of halogens is 2. The Morgan fingerprint density at radius 2 is 2.06 bits per heavy atom. The van der Waals surface area contributed by atoms with Gasteiger partial charge in [0.2, 0.25) is 0 Å². The molecule has 0 saturated carbocycles. The van der Waals surface area contributed by atoms with Crippen LogP contribution in [-0.4, -0.2) is 29.0 Å². The Morgan fingerprint density at radius 3 is 2.59 bits per heavy atom. The molecule has 96 valence electrons. The predicted octanol–water partition coefficient (Wildman–Crippen LogP) is 1.36. The molecule has 0 radical (unpaired) electrons. The summed E-state index contributed by atoms with van der Waals surface area (Å²) in [6.07, 6.45) is 0. The summed E-state index contributed by atoms with van der Waals surface area (Å²) < 4.78 is 26.1. The van der Waals surface area contributed by atoms with Gasteiger partial charge in [0.1, 0.15) is 11.6 Å². The van der Waals surface area contributed by atoms with Crippen molar-refractivity contribution < 1.29 is 19.0 Å². The molecular weight excluding hydrogens is 228 g/mol. The van der Waals surface area contributed by atoms with E-state index in [2.05, 4.69) is 5.32 Å². The molecule has 3 N–H and O–H groups in total. The Hall–Kier alpha value is -1.04. The fourth-order valence-electron chi connectivity index (χ4n) is 1.39. The van der Waals surface area contributed by atoms with Crippen LogP contribution in [-0.2, 0) is 0 Å². The van der Waals surface area contributed by atoms with Crippen molar-refractivity contribution in [3.63, 3.8) is 0 Å². The lowest BCUT2D eigenvalue weighted by molar-refractivity contribution is 0.000987. The second-order valence-electron chi connectivity index (χ2n) is 4.42. The molecule has 0 bridgehead atoms. The highest BCUT2D eigenvalue weighted by atomic mass is 19.1. The van der Waals surface area contributed by atoms with E-state index in [1.165, 1.54) is 19.1 Å². The molecule has 0 aromatic heterocycles. The van der Waals surface area contributed by atoms with Crippen LogP contribution in [0.2, 0.25) is 0 Å². The maximum absolute atomic E-state index is 13.4. The first kappa shape index (κ1) is 14.0. The minimum absolute atomic E-state index is 0.113. The number of hydrogen-bond donors (Lipinski definition) is 3. The van der Waals surface area contributed by atoms with Gasteiger partial charge in [-0.1, -0.05) is 6.07 Å². The first-order valence-electron chi connectivity index (χ1n) is 5.37. The van der Waals surface area contributed by atoms with E-state index in [0.717, 1.165) is 6.07 Å². The van der Waals surface area contributed by atoms with Crippen molar-refractivity contribution in [3.8, 4) is 0 Å². The molecule has 1 aromatic rings. The summed E-state index contributed by atoms with van der Waals surface area (Å²) in [6.45, 7) is 2.89. The second kappa shape index (κ2) is 5.53. The summed E-state index contributed by atoms with van der Waals surface area (Å²) in [7, 11) is 0. The molecule has 0 amide bonds. The van der Waals surface area contributed by atoms with Gasteiger partial charge in [-0.2, -0.15) is 0 Å². The third-order valence-corrected chi connectivity index (χ3v) is 2.56. The van der Waals surface area contributed by atoms with Crippen molar-refractivity contribution in [2.75, 3.05) is 13.2 Å². The van der Waals surface area contributed by atoms with Crippen LogP contribution < -0.4 is 5.32 Å². The molecule has 17 heavy (non-hydrogen) atoms. The van der Waals surface area contributed by atoms with Crippen molar-refractivity contribution in [1.29, 1.82) is 0 Å². The van der Waals surface area contributed by atoms with Gasteiger partial charge < -0.3 is 15.5 Å². The molecule has 0 aliphatic carbocycles. The van der Waals surface area contributed by atoms with Gasteiger partial charge in [-0.05, 0) is 19.9 Å². The fraction of sp³-hybridized carbons (Fsp3) is 0.500.